The number of thiocarbonyl (C=S) groups is 1. The van der Waals surface area contributed by atoms with Gasteiger partial charge in [-0.25, -0.2) is 4.98 Å². The van der Waals surface area contributed by atoms with Crippen LogP contribution in [0.4, 0.5) is 5.82 Å². The second kappa shape index (κ2) is 5.06. The van der Waals surface area contributed by atoms with Gasteiger partial charge in [0.15, 0.2) is 5.82 Å². The summed E-state index contributed by atoms with van der Waals surface area (Å²) >= 11 is 4.38. The monoisotopic (exact) mass is 172 g/mol. The van der Waals surface area contributed by atoms with Gasteiger partial charge in [0.05, 0.1) is 5.16 Å². The highest BCUT2D eigenvalue weighted by atomic mass is 35.5. The average Bonchev–Trinajstić information content (AvgIpc) is 1.91. The van der Waals surface area contributed by atoms with E-state index in [2.05, 4.69) is 27.4 Å². The fourth-order valence-corrected chi connectivity index (χ4v) is 0.560. The standard InChI is InChI=1S/C6H4N2S.ClH/c9-5-8-6-3-1-2-4-7-6;/h1-4H;1H. The molecule has 0 aliphatic heterocycles. The number of pyridine rings is 1. The average molecular weight is 173 g/mol. The molecule has 1 rings (SSSR count). The first kappa shape index (κ1) is 9.24. The molecule has 0 spiro atoms. The first-order valence-electron chi connectivity index (χ1n) is 2.42. The summed E-state index contributed by atoms with van der Waals surface area (Å²) < 4.78 is 0. The van der Waals surface area contributed by atoms with Gasteiger partial charge in [0.1, 0.15) is 0 Å². The summed E-state index contributed by atoms with van der Waals surface area (Å²) in [4.78, 5) is 7.53. The lowest BCUT2D eigenvalue weighted by molar-refractivity contribution is 1.28. The van der Waals surface area contributed by atoms with Gasteiger partial charge in [0, 0.05) is 6.20 Å². The van der Waals surface area contributed by atoms with E-state index in [-0.39, 0.29) is 12.4 Å². The van der Waals surface area contributed by atoms with Crippen LogP contribution in [0.15, 0.2) is 29.4 Å². The molecule has 0 amide bonds. The van der Waals surface area contributed by atoms with Crippen LogP contribution in [0.25, 0.3) is 0 Å². The molecule has 0 radical (unpaired) electrons. The molecule has 52 valence electrons. The Morgan fingerprint density at radius 3 is 2.80 bits per heavy atom. The molecule has 0 aliphatic rings. The van der Waals surface area contributed by atoms with Crippen molar-refractivity contribution in [1.29, 1.82) is 0 Å². The van der Waals surface area contributed by atoms with Crippen molar-refractivity contribution < 1.29 is 0 Å². The van der Waals surface area contributed by atoms with Crippen LogP contribution in [0, 0.1) is 0 Å². The summed E-state index contributed by atoms with van der Waals surface area (Å²) in [5, 5.41) is 2.23. The van der Waals surface area contributed by atoms with Crippen molar-refractivity contribution in [3.8, 4) is 0 Å². The van der Waals surface area contributed by atoms with Gasteiger partial charge in [0.2, 0.25) is 0 Å². The predicted octanol–water partition coefficient (Wildman–Crippen LogP) is 2.24. The number of hydrogen-bond donors (Lipinski definition) is 0. The highest BCUT2D eigenvalue weighted by molar-refractivity contribution is 7.78. The topological polar surface area (TPSA) is 25.2 Å². The quantitative estimate of drug-likeness (QED) is 0.480. The molecule has 1 heterocycles. The zero-order valence-electron chi connectivity index (χ0n) is 5.02. The van der Waals surface area contributed by atoms with E-state index in [1.165, 1.54) is 0 Å². The Morgan fingerprint density at radius 1 is 1.50 bits per heavy atom. The van der Waals surface area contributed by atoms with Crippen molar-refractivity contribution in [2.24, 2.45) is 4.99 Å². The van der Waals surface area contributed by atoms with Crippen molar-refractivity contribution in [1.82, 2.24) is 4.98 Å². The lowest BCUT2D eigenvalue weighted by atomic mass is 10.5. The van der Waals surface area contributed by atoms with Gasteiger partial charge < -0.3 is 0 Å². The maximum Gasteiger partial charge on any atom is 0.162 e. The minimum Gasteiger partial charge on any atom is -0.236 e. The van der Waals surface area contributed by atoms with E-state index in [1.54, 1.807) is 12.3 Å². The van der Waals surface area contributed by atoms with Gasteiger partial charge in [-0.05, 0) is 24.4 Å². The lowest BCUT2D eigenvalue weighted by Crippen LogP contribution is -1.67. The number of isothiocyanates is 1. The van der Waals surface area contributed by atoms with Crippen LogP contribution in [-0.4, -0.2) is 10.1 Å². The number of rotatable bonds is 1. The summed E-state index contributed by atoms with van der Waals surface area (Å²) in [7, 11) is 0. The molecule has 0 saturated carbocycles. The van der Waals surface area contributed by atoms with Gasteiger partial charge in [-0.3, -0.25) is 0 Å². The second-order valence-corrected chi connectivity index (χ2v) is 1.57. The number of aromatic nitrogens is 1. The maximum atomic E-state index is 4.38. The minimum atomic E-state index is 0. The van der Waals surface area contributed by atoms with Gasteiger partial charge in [-0.15, -0.1) is 12.4 Å². The molecule has 1 aromatic heterocycles. The third kappa shape index (κ3) is 2.69. The zero-order valence-corrected chi connectivity index (χ0v) is 6.65. The molecule has 0 unspecified atom stereocenters. The predicted molar refractivity (Wildman–Crippen MR) is 46.2 cm³/mol. The number of hydrogen-bond acceptors (Lipinski definition) is 3. The molecule has 1 aromatic rings. The van der Waals surface area contributed by atoms with Crippen LogP contribution in [-0.2, 0) is 0 Å². The Kier molecular flexibility index (Phi) is 4.67. The molecule has 0 aliphatic carbocycles. The Hall–Kier alpha value is -0.760. The first-order chi connectivity index (χ1) is 4.43. The van der Waals surface area contributed by atoms with Crippen molar-refractivity contribution in [2.75, 3.05) is 0 Å². The van der Waals surface area contributed by atoms with Gasteiger partial charge >= 0.3 is 0 Å². The third-order valence-corrected chi connectivity index (χ3v) is 0.901. The normalized spacial score (nSPS) is 7.20. The van der Waals surface area contributed by atoms with E-state index in [4.69, 9.17) is 0 Å². The van der Waals surface area contributed by atoms with Crippen LogP contribution >= 0.6 is 24.6 Å². The van der Waals surface area contributed by atoms with E-state index in [1.807, 2.05) is 12.1 Å². The second-order valence-electron chi connectivity index (χ2n) is 1.39. The Balaban J connectivity index is 0.000000810. The molecular formula is C6H5ClN2S. The summed E-state index contributed by atoms with van der Waals surface area (Å²) in [5.41, 5.74) is 0. The molecule has 4 heteroatoms. The molecule has 0 fully saturated rings. The summed E-state index contributed by atoms with van der Waals surface area (Å²) in [6, 6.07) is 5.43. The van der Waals surface area contributed by atoms with Crippen LogP contribution < -0.4 is 0 Å². The Bertz CT molecular complexity index is 231. The number of nitrogens with zero attached hydrogens (tertiary/aromatic N) is 2. The van der Waals surface area contributed by atoms with E-state index in [9.17, 15) is 0 Å². The molecule has 0 aromatic carbocycles. The third-order valence-electron chi connectivity index (χ3n) is 0.809. The van der Waals surface area contributed by atoms with Gasteiger partial charge in [0.25, 0.3) is 0 Å². The highest BCUT2D eigenvalue weighted by Gasteiger charge is 1.80. The fourth-order valence-electron chi connectivity index (χ4n) is 0.467. The van der Waals surface area contributed by atoms with Gasteiger partial charge in [-0.2, -0.15) is 4.99 Å². The van der Waals surface area contributed by atoms with Crippen molar-refractivity contribution >= 4 is 35.6 Å². The summed E-state index contributed by atoms with van der Waals surface area (Å²) in [5.74, 6) is 0.604. The SMILES string of the molecule is Cl.S=C=Nc1ccccn1. The molecule has 0 N–H and O–H groups in total. The molecular weight excluding hydrogens is 168 g/mol. The van der Waals surface area contributed by atoms with Crippen LogP contribution in [0.2, 0.25) is 0 Å². The van der Waals surface area contributed by atoms with Crippen molar-refractivity contribution in [3.63, 3.8) is 0 Å². The number of aliphatic imine (C=N–C) groups is 1. The van der Waals surface area contributed by atoms with E-state index < -0.39 is 0 Å². The van der Waals surface area contributed by atoms with E-state index in [0.29, 0.717) is 5.82 Å². The van der Waals surface area contributed by atoms with Gasteiger partial charge in [-0.1, -0.05) is 6.07 Å². The molecule has 0 bridgehead atoms. The zero-order chi connectivity index (χ0) is 6.53. The maximum absolute atomic E-state index is 4.38. The molecule has 0 atom stereocenters. The number of halogens is 1. The lowest BCUT2D eigenvalue weighted by Gasteiger charge is -1.83. The van der Waals surface area contributed by atoms with Crippen molar-refractivity contribution in [3.05, 3.63) is 24.4 Å². The van der Waals surface area contributed by atoms with E-state index >= 15 is 0 Å². The Labute approximate surface area is 70.4 Å². The minimum absolute atomic E-state index is 0. The van der Waals surface area contributed by atoms with Crippen molar-refractivity contribution in [2.45, 2.75) is 0 Å². The van der Waals surface area contributed by atoms with Crippen LogP contribution in [0.5, 0.6) is 0 Å². The van der Waals surface area contributed by atoms with Crippen LogP contribution in [0.1, 0.15) is 0 Å². The fraction of sp³-hybridized carbons (Fsp3) is 0. The molecule has 0 saturated heterocycles. The van der Waals surface area contributed by atoms with E-state index in [0.717, 1.165) is 0 Å². The summed E-state index contributed by atoms with van der Waals surface area (Å²) in [6.07, 6.45) is 1.66. The summed E-state index contributed by atoms with van der Waals surface area (Å²) in [6.45, 7) is 0. The smallest absolute Gasteiger partial charge is 0.162 e. The molecule has 2 nitrogen and oxygen atoms in total. The highest BCUT2D eigenvalue weighted by Crippen LogP contribution is 2.01. The van der Waals surface area contributed by atoms with Crippen LogP contribution in [0.3, 0.4) is 0 Å². The largest absolute Gasteiger partial charge is 0.236 e. The Morgan fingerprint density at radius 2 is 2.30 bits per heavy atom. The first-order valence-corrected chi connectivity index (χ1v) is 2.83. The molecule has 10 heavy (non-hydrogen) atoms.